The van der Waals surface area contributed by atoms with Gasteiger partial charge >= 0.3 is 0 Å². The Kier molecular flexibility index (Phi) is 4.66. The molecule has 0 radical (unpaired) electrons. The number of aliphatic hydroxyl groups is 2. The molecule has 2 N–H and O–H groups in total. The molecule has 1 rings (SSSR count). The molecule has 2 atom stereocenters. The van der Waals surface area contributed by atoms with Crippen LogP contribution >= 0.6 is 0 Å². The van der Waals surface area contributed by atoms with Gasteiger partial charge in [0.1, 0.15) is 0 Å². The van der Waals surface area contributed by atoms with E-state index < -0.39 is 0 Å². The third kappa shape index (κ3) is 4.04. The summed E-state index contributed by atoms with van der Waals surface area (Å²) >= 11 is 0. The Morgan fingerprint density at radius 3 is 3.00 bits per heavy atom. The Morgan fingerprint density at radius 2 is 2.38 bits per heavy atom. The Bertz CT molecular complexity index is 141. The zero-order valence-corrected chi connectivity index (χ0v) is 8.15. The molecule has 1 saturated heterocycles. The quantitative estimate of drug-likeness (QED) is 0.623. The lowest BCUT2D eigenvalue weighted by Gasteiger charge is -2.32. The third-order valence-corrected chi connectivity index (χ3v) is 2.29. The number of morpholine rings is 1. The molecule has 0 spiro atoms. The van der Waals surface area contributed by atoms with Crippen LogP contribution in [0.5, 0.6) is 0 Å². The SMILES string of the molecule is CC(O)CCN1CCOC(CO)C1. The number of hydrogen-bond donors (Lipinski definition) is 2. The number of rotatable bonds is 4. The minimum Gasteiger partial charge on any atom is -0.394 e. The average molecular weight is 189 g/mol. The minimum atomic E-state index is -0.240. The van der Waals surface area contributed by atoms with Crippen molar-refractivity contribution in [3.63, 3.8) is 0 Å². The summed E-state index contributed by atoms with van der Waals surface area (Å²) in [5.41, 5.74) is 0. The van der Waals surface area contributed by atoms with Crippen molar-refractivity contribution in [2.24, 2.45) is 0 Å². The second-order valence-electron chi connectivity index (χ2n) is 3.61. The summed E-state index contributed by atoms with van der Waals surface area (Å²) in [5.74, 6) is 0. The molecule has 2 unspecified atom stereocenters. The van der Waals surface area contributed by atoms with Crippen molar-refractivity contribution in [1.29, 1.82) is 0 Å². The van der Waals surface area contributed by atoms with Crippen LogP contribution in [-0.2, 0) is 4.74 Å². The first kappa shape index (κ1) is 10.9. The smallest absolute Gasteiger partial charge is 0.0932 e. The topological polar surface area (TPSA) is 52.9 Å². The number of aliphatic hydroxyl groups excluding tert-OH is 2. The van der Waals surface area contributed by atoms with Crippen molar-refractivity contribution < 1.29 is 14.9 Å². The first-order valence-corrected chi connectivity index (χ1v) is 4.85. The summed E-state index contributed by atoms with van der Waals surface area (Å²) in [6.45, 7) is 5.14. The van der Waals surface area contributed by atoms with Crippen LogP contribution in [0.1, 0.15) is 13.3 Å². The minimum absolute atomic E-state index is 0.0391. The summed E-state index contributed by atoms with van der Waals surface area (Å²) in [5, 5.41) is 18.0. The van der Waals surface area contributed by atoms with Crippen molar-refractivity contribution in [1.82, 2.24) is 4.90 Å². The summed E-state index contributed by atoms with van der Waals surface area (Å²) in [6, 6.07) is 0. The molecule has 4 nitrogen and oxygen atoms in total. The van der Waals surface area contributed by atoms with E-state index in [1.807, 2.05) is 0 Å². The molecule has 0 bridgehead atoms. The van der Waals surface area contributed by atoms with E-state index in [2.05, 4.69) is 4.90 Å². The zero-order valence-electron chi connectivity index (χ0n) is 8.15. The van der Waals surface area contributed by atoms with Gasteiger partial charge in [0.25, 0.3) is 0 Å². The summed E-state index contributed by atoms with van der Waals surface area (Å²) < 4.78 is 5.31. The van der Waals surface area contributed by atoms with Crippen LogP contribution in [0.15, 0.2) is 0 Å². The Morgan fingerprint density at radius 1 is 1.62 bits per heavy atom. The molecule has 0 amide bonds. The summed E-state index contributed by atoms with van der Waals surface area (Å²) in [7, 11) is 0. The van der Waals surface area contributed by atoms with E-state index in [1.165, 1.54) is 0 Å². The average Bonchev–Trinajstić information content (AvgIpc) is 2.15. The molecule has 78 valence electrons. The largest absolute Gasteiger partial charge is 0.394 e. The fourth-order valence-corrected chi connectivity index (χ4v) is 1.46. The van der Waals surface area contributed by atoms with Gasteiger partial charge in [0.2, 0.25) is 0 Å². The van der Waals surface area contributed by atoms with Crippen molar-refractivity contribution in [3.8, 4) is 0 Å². The molecule has 1 aliphatic rings. The molecular formula is C9H19NO3. The fraction of sp³-hybridized carbons (Fsp3) is 1.00. The lowest BCUT2D eigenvalue weighted by molar-refractivity contribution is -0.0547. The lowest BCUT2D eigenvalue weighted by Crippen LogP contribution is -2.44. The predicted octanol–water partition coefficient (Wildman–Crippen LogP) is -0.550. The second-order valence-corrected chi connectivity index (χ2v) is 3.61. The van der Waals surface area contributed by atoms with Crippen molar-refractivity contribution >= 4 is 0 Å². The summed E-state index contributed by atoms with van der Waals surface area (Å²) in [6.07, 6.45) is 0.510. The highest BCUT2D eigenvalue weighted by Gasteiger charge is 2.19. The molecule has 4 heteroatoms. The van der Waals surface area contributed by atoms with E-state index >= 15 is 0 Å². The normalized spacial score (nSPS) is 27.5. The van der Waals surface area contributed by atoms with Gasteiger partial charge in [-0.3, -0.25) is 4.90 Å². The Balaban J connectivity index is 2.18. The van der Waals surface area contributed by atoms with E-state index in [-0.39, 0.29) is 18.8 Å². The van der Waals surface area contributed by atoms with Crippen LogP contribution in [0.4, 0.5) is 0 Å². The van der Waals surface area contributed by atoms with Crippen LogP contribution < -0.4 is 0 Å². The van der Waals surface area contributed by atoms with Crippen LogP contribution in [0.3, 0.4) is 0 Å². The number of hydrogen-bond acceptors (Lipinski definition) is 4. The molecule has 0 aliphatic carbocycles. The molecule has 0 saturated carbocycles. The number of nitrogens with zero attached hydrogens (tertiary/aromatic N) is 1. The van der Waals surface area contributed by atoms with Gasteiger partial charge in [0.15, 0.2) is 0 Å². The maximum absolute atomic E-state index is 9.10. The molecule has 0 aromatic carbocycles. The Labute approximate surface area is 79.1 Å². The Hall–Kier alpha value is -0.160. The van der Waals surface area contributed by atoms with E-state index in [9.17, 15) is 0 Å². The van der Waals surface area contributed by atoms with E-state index in [1.54, 1.807) is 6.92 Å². The van der Waals surface area contributed by atoms with Gasteiger partial charge in [-0.25, -0.2) is 0 Å². The highest BCUT2D eigenvalue weighted by atomic mass is 16.5. The molecule has 1 heterocycles. The van der Waals surface area contributed by atoms with Gasteiger partial charge in [-0.1, -0.05) is 0 Å². The van der Waals surface area contributed by atoms with Gasteiger partial charge < -0.3 is 14.9 Å². The molecular weight excluding hydrogens is 170 g/mol. The van der Waals surface area contributed by atoms with Gasteiger partial charge in [-0.2, -0.15) is 0 Å². The fourth-order valence-electron chi connectivity index (χ4n) is 1.46. The summed E-state index contributed by atoms with van der Waals surface area (Å²) in [4.78, 5) is 2.22. The third-order valence-electron chi connectivity index (χ3n) is 2.29. The van der Waals surface area contributed by atoms with Crippen molar-refractivity contribution in [2.75, 3.05) is 32.8 Å². The van der Waals surface area contributed by atoms with Crippen molar-refractivity contribution in [3.05, 3.63) is 0 Å². The van der Waals surface area contributed by atoms with E-state index in [0.29, 0.717) is 6.61 Å². The van der Waals surface area contributed by atoms with Crippen LogP contribution in [0.25, 0.3) is 0 Å². The highest BCUT2D eigenvalue weighted by molar-refractivity contribution is 4.70. The molecule has 0 aromatic heterocycles. The van der Waals surface area contributed by atoms with E-state index in [4.69, 9.17) is 14.9 Å². The second kappa shape index (κ2) is 5.54. The maximum Gasteiger partial charge on any atom is 0.0932 e. The van der Waals surface area contributed by atoms with Crippen LogP contribution in [-0.4, -0.2) is 60.2 Å². The predicted molar refractivity (Wildman–Crippen MR) is 49.6 cm³/mol. The lowest BCUT2D eigenvalue weighted by atomic mass is 10.2. The first-order valence-electron chi connectivity index (χ1n) is 4.85. The molecule has 1 aliphatic heterocycles. The highest BCUT2D eigenvalue weighted by Crippen LogP contribution is 2.05. The number of ether oxygens (including phenoxy) is 1. The molecule has 1 fully saturated rings. The van der Waals surface area contributed by atoms with Gasteiger partial charge in [0.05, 0.1) is 25.4 Å². The maximum atomic E-state index is 9.10. The van der Waals surface area contributed by atoms with Gasteiger partial charge in [-0.15, -0.1) is 0 Å². The standard InChI is InChI=1S/C9H19NO3/c1-8(12)2-3-10-4-5-13-9(6-10)7-11/h8-9,11-12H,2-7H2,1H3. The first-order chi connectivity index (χ1) is 6.22. The van der Waals surface area contributed by atoms with Gasteiger partial charge in [-0.05, 0) is 13.3 Å². The van der Waals surface area contributed by atoms with Crippen LogP contribution in [0.2, 0.25) is 0 Å². The monoisotopic (exact) mass is 189 g/mol. The molecule has 0 aromatic rings. The zero-order chi connectivity index (χ0) is 9.68. The van der Waals surface area contributed by atoms with Crippen LogP contribution in [0, 0.1) is 0 Å². The van der Waals surface area contributed by atoms with Crippen molar-refractivity contribution in [2.45, 2.75) is 25.6 Å². The van der Waals surface area contributed by atoms with E-state index in [0.717, 1.165) is 26.1 Å². The molecule has 13 heavy (non-hydrogen) atoms. The van der Waals surface area contributed by atoms with Gasteiger partial charge in [0, 0.05) is 19.6 Å².